The third-order valence-electron chi connectivity index (χ3n) is 4.10. The Morgan fingerprint density at radius 2 is 2.00 bits per heavy atom. The van der Waals surface area contributed by atoms with Gasteiger partial charge in [0, 0.05) is 16.6 Å². The van der Waals surface area contributed by atoms with Gasteiger partial charge in [-0.1, -0.05) is 24.3 Å². The first kappa shape index (κ1) is 16.0. The van der Waals surface area contributed by atoms with Crippen molar-refractivity contribution in [2.75, 3.05) is 5.32 Å². The highest BCUT2D eigenvalue weighted by atomic mass is 32.1. The summed E-state index contributed by atoms with van der Waals surface area (Å²) in [6, 6.07) is 11.7. The quantitative estimate of drug-likeness (QED) is 0.748. The Bertz CT molecular complexity index is 714. The maximum atomic E-state index is 12.9. The molecule has 1 aliphatic rings. The minimum Gasteiger partial charge on any atom is -0.359 e. The molecule has 1 aliphatic heterocycles. The van der Waals surface area contributed by atoms with E-state index in [-0.39, 0.29) is 23.9 Å². The zero-order valence-corrected chi connectivity index (χ0v) is 14.6. The molecule has 0 radical (unpaired) electrons. The van der Waals surface area contributed by atoms with E-state index in [0.717, 1.165) is 16.1 Å². The zero-order chi connectivity index (χ0) is 16.4. The Kier molecular flexibility index (Phi) is 4.63. The molecule has 0 bridgehead atoms. The van der Waals surface area contributed by atoms with Gasteiger partial charge in [-0.15, -0.1) is 11.3 Å². The molecule has 1 fully saturated rings. The lowest BCUT2D eigenvalue weighted by atomic mass is 9.88. The lowest BCUT2D eigenvalue weighted by Gasteiger charge is -2.38. The van der Waals surface area contributed by atoms with Crippen LogP contribution in [-0.4, -0.2) is 17.1 Å². The molecule has 1 amide bonds. The second-order valence-electron chi connectivity index (χ2n) is 5.73. The first-order valence-corrected chi connectivity index (χ1v) is 8.82. The van der Waals surface area contributed by atoms with E-state index >= 15 is 0 Å². The Morgan fingerprint density at radius 3 is 2.70 bits per heavy atom. The summed E-state index contributed by atoms with van der Waals surface area (Å²) in [4.78, 5) is 14.0. The summed E-state index contributed by atoms with van der Waals surface area (Å²) in [6.07, 6.45) is 0. The second kappa shape index (κ2) is 6.68. The zero-order valence-electron chi connectivity index (χ0n) is 13.0. The summed E-state index contributed by atoms with van der Waals surface area (Å²) in [5.74, 6) is -0.257. The van der Waals surface area contributed by atoms with Crippen LogP contribution < -0.4 is 16.0 Å². The summed E-state index contributed by atoms with van der Waals surface area (Å²) in [7, 11) is 0. The predicted molar refractivity (Wildman–Crippen MR) is 98.7 cm³/mol. The second-order valence-corrected chi connectivity index (χ2v) is 7.12. The minimum atomic E-state index is -0.250. The van der Waals surface area contributed by atoms with Crippen LogP contribution in [0.4, 0.5) is 5.69 Å². The van der Waals surface area contributed by atoms with Gasteiger partial charge in [0.05, 0.1) is 12.0 Å². The van der Waals surface area contributed by atoms with Crippen LogP contribution in [0.2, 0.25) is 0 Å². The number of hydrogen-bond acceptors (Lipinski definition) is 3. The molecule has 1 aromatic carbocycles. The van der Waals surface area contributed by atoms with Gasteiger partial charge < -0.3 is 16.0 Å². The van der Waals surface area contributed by atoms with E-state index in [4.69, 9.17) is 12.2 Å². The van der Waals surface area contributed by atoms with Gasteiger partial charge in [-0.3, -0.25) is 4.79 Å². The maximum Gasteiger partial charge on any atom is 0.232 e. The first-order valence-electron chi connectivity index (χ1n) is 7.53. The van der Waals surface area contributed by atoms with Gasteiger partial charge >= 0.3 is 0 Å². The number of rotatable bonds is 3. The minimum absolute atomic E-state index is 0.00676. The summed E-state index contributed by atoms with van der Waals surface area (Å²) in [5.41, 5.74) is 1.90. The van der Waals surface area contributed by atoms with Crippen LogP contribution in [0.1, 0.15) is 23.4 Å². The van der Waals surface area contributed by atoms with Gasteiger partial charge in [0.25, 0.3) is 0 Å². The van der Waals surface area contributed by atoms with Gasteiger partial charge in [-0.25, -0.2) is 0 Å². The summed E-state index contributed by atoms with van der Waals surface area (Å²) in [6.45, 7) is 3.98. The van der Waals surface area contributed by atoms with Crippen LogP contribution in [-0.2, 0) is 4.79 Å². The molecule has 4 nitrogen and oxygen atoms in total. The molecule has 3 unspecified atom stereocenters. The molecule has 1 saturated heterocycles. The largest absolute Gasteiger partial charge is 0.359 e. The topological polar surface area (TPSA) is 53.2 Å². The molecular formula is C17H19N3OS2. The van der Waals surface area contributed by atoms with Crippen molar-refractivity contribution in [3.63, 3.8) is 0 Å². The van der Waals surface area contributed by atoms with Crippen molar-refractivity contribution in [2.24, 2.45) is 5.92 Å². The molecule has 120 valence electrons. The molecule has 0 saturated carbocycles. The van der Waals surface area contributed by atoms with E-state index in [1.165, 1.54) is 0 Å². The summed E-state index contributed by atoms with van der Waals surface area (Å²) < 4.78 is 0. The molecule has 3 rings (SSSR count). The Hall–Kier alpha value is -1.92. The number of thiocarbonyl (C=S) groups is 1. The number of thiophene rings is 1. The first-order chi connectivity index (χ1) is 11.1. The number of para-hydroxylation sites is 1. The number of carbonyl (C=O) groups is 1. The van der Waals surface area contributed by atoms with E-state index in [0.29, 0.717) is 5.11 Å². The average molecular weight is 345 g/mol. The standard InChI is InChI=1S/C17H19N3OS2/c1-10-6-3-4-7-12(10)19-16(21)14-11(2)18-17(22)20-15(14)13-8-5-9-23-13/h3-9,11,14-15H,1-2H3,(H,19,21)(H2,18,20,22). The molecule has 1 aromatic heterocycles. The van der Waals surface area contributed by atoms with Gasteiger partial charge in [0.2, 0.25) is 5.91 Å². The highest BCUT2D eigenvalue weighted by Crippen LogP contribution is 2.32. The number of hydrogen-bond donors (Lipinski definition) is 3. The van der Waals surface area contributed by atoms with Crippen LogP contribution in [0.5, 0.6) is 0 Å². The van der Waals surface area contributed by atoms with Crippen molar-refractivity contribution in [1.29, 1.82) is 0 Å². The van der Waals surface area contributed by atoms with E-state index in [2.05, 4.69) is 16.0 Å². The van der Waals surface area contributed by atoms with Crippen LogP contribution in [0.3, 0.4) is 0 Å². The fourth-order valence-corrected chi connectivity index (χ4v) is 4.02. The smallest absolute Gasteiger partial charge is 0.232 e. The molecule has 0 spiro atoms. The van der Waals surface area contributed by atoms with Crippen LogP contribution in [0, 0.1) is 12.8 Å². The van der Waals surface area contributed by atoms with E-state index in [1.54, 1.807) is 11.3 Å². The van der Waals surface area contributed by atoms with Crippen molar-refractivity contribution >= 4 is 40.3 Å². The SMILES string of the molecule is Cc1ccccc1NC(=O)C1C(C)NC(=S)NC1c1cccs1. The van der Waals surface area contributed by atoms with Crippen molar-refractivity contribution in [2.45, 2.75) is 25.9 Å². The van der Waals surface area contributed by atoms with Gasteiger partial charge in [0.1, 0.15) is 0 Å². The number of anilines is 1. The normalized spacial score (nSPS) is 23.7. The third-order valence-corrected chi connectivity index (χ3v) is 5.29. The monoisotopic (exact) mass is 345 g/mol. The van der Waals surface area contributed by atoms with E-state index < -0.39 is 0 Å². The van der Waals surface area contributed by atoms with Crippen molar-refractivity contribution in [1.82, 2.24) is 10.6 Å². The summed E-state index contributed by atoms with van der Waals surface area (Å²) in [5, 5.41) is 12.1. The van der Waals surface area contributed by atoms with Crippen LogP contribution in [0.25, 0.3) is 0 Å². The Morgan fingerprint density at radius 1 is 1.22 bits per heavy atom. The van der Waals surface area contributed by atoms with Crippen molar-refractivity contribution in [3.05, 3.63) is 52.2 Å². The van der Waals surface area contributed by atoms with Gasteiger partial charge in [-0.05, 0) is 49.1 Å². The molecule has 6 heteroatoms. The van der Waals surface area contributed by atoms with Crippen molar-refractivity contribution < 1.29 is 4.79 Å². The van der Waals surface area contributed by atoms with Gasteiger partial charge in [0.15, 0.2) is 5.11 Å². The highest BCUT2D eigenvalue weighted by Gasteiger charge is 2.39. The third kappa shape index (κ3) is 3.38. The van der Waals surface area contributed by atoms with Crippen LogP contribution >= 0.6 is 23.6 Å². The number of amides is 1. The Labute approximate surface area is 145 Å². The molecular weight excluding hydrogens is 326 g/mol. The van der Waals surface area contributed by atoms with E-state index in [9.17, 15) is 4.79 Å². The molecule has 2 aromatic rings. The lowest BCUT2D eigenvalue weighted by Crippen LogP contribution is -2.58. The fraction of sp³-hybridized carbons (Fsp3) is 0.294. The van der Waals surface area contributed by atoms with Crippen molar-refractivity contribution in [3.8, 4) is 0 Å². The highest BCUT2D eigenvalue weighted by molar-refractivity contribution is 7.80. The number of nitrogens with one attached hydrogen (secondary N) is 3. The maximum absolute atomic E-state index is 12.9. The number of benzene rings is 1. The molecule has 0 aliphatic carbocycles. The average Bonchev–Trinajstić information content (AvgIpc) is 3.03. The lowest BCUT2D eigenvalue weighted by molar-refractivity contribution is -0.121. The number of aryl methyl sites for hydroxylation is 1. The molecule has 3 N–H and O–H groups in total. The van der Waals surface area contributed by atoms with Gasteiger partial charge in [-0.2, -0.15) is 0 Å². The predicted octanol–water partition coefficient (Wildman–Crippen LogP) is 3.22. The van der Waals surface area contributed by atoms with E-state index in [1.807, 2.05) is 55.6 Å². The molecule has 3 atom stereocenters. The summed E-state index contributed by atoms with van der Waals surface area (Å²) >= 11 is 6.91. The number of carbonyl (C=O) groups excluding carboxylic acids is 1. The van der Waals surface area contributed by atoms with Crippen LogP contribution in [0.15, 0.2) is 41.8 Å². The molecule has 23 heavy (non-hydrogen) atoms. The Balaban J connectivity index is 1.86. The fourth-order valence-electron chi connectivity index (χ4n) is 2.88. The molecule has 2 heterocycles.